The fraction of sp³-hybridized carbons (Fsp3) is 0.115. The van der Waals surface area contributed by atoms with Crippen molar-refractivity contribution in [2.45, 2.75) is 13.0 Å². The average molecular weight is 480 g/mol. The van der Waals surface area contributed by atoms with Gasteiger partial charge in [0.25, 0.3) is 0 Å². The second kappa shape index (κ2) is 10.0. The lowest BCUT2D eigenvalue weighted by atomic mass is 9.98. The summed E-state index contributed by atoms with van der Waals surface area (Å²) in [6.45, 7) is 0.317. The number of carbonyl (C=O) groups is 2. The van der Waals surface area contributed by atoms with Gasteiger partial charge in [-0.15, -0.1) is 0 Å². The van der Waals surface area contributed by atoms with Gasteiger partial charge < -0.3 is 9.47 Å². The number of ketones is 1. The van der Waals surface area contributed by atoms with E-state index in [1.807, 2.05) is 30.3 Å². The first-order valence-corrected chi connectivity index (χ1v) is 10.9. The predicted molar refractivity (Wildman–Crippen MR) is 128 cm³/mol. The Balaban J connectivity index is 1.54. The summed E-state index contributed by atoms with van der Waals surface area (Å²) in [5, 5.41) is 2.44. The second-order valence-corrected chi connectivity index (χ2v) is 8.14. The standard InChI is InChI=1S/C26H19Cl2NO4/c1-32-24(30)13-18-14-29-25(21-5-3-2-4-20(18)21)26(31)17-7-9-19(10-8-17)33-15-16-6-11-22(27)23(28)12-16/h2-12,14H,13,15H2,1H3. The number of methoxy groups -OCH3 is 1. The number of halogens is 2. The summed E-state index contributed by atoms with van der Waals surface area (Å²) in [5.74, 6) is 0.0354. The highest BCUT2D eigenvalue weighted by atomic mass is 35.5. The Morgan fingerprint density at radius 3 is 2.33 bits per heavy atom. The molecule has 0 aliphatic carbocycles. The number of aromatic nitrogens is 1. The van der Waals surface area contributed by atoms with Crippen molar-refractivity contribution >= 4 is 45.7 Å². The summed E-state index contributed by atoms with van der Waals surface area (Å²) in [5.41, 5.74) is 2.39. The number of hydrogen-bond acceptors (Lipinski definition) is 5. The molecule has 0 N–H and O–H groups in total. The van der Waals surface area contributed by atoms with E-state index in [2.05, 4.69) is 4.98 Å². The average Bonchev–Trinajstić information content (AvgIpc) is 2.85. The molecule has 0 saturated heterocycles. The minimum atomic E-state index is -0.363. The third-order valence-electron chi connectivity index (χ3n) is 5.16. The molecule has 3 aromatic carbocycles. The molecule has 5 nitrogen and oxygen atoms in total. The fourth-order valence-corrected chi connectivity index (χ4v) is 3.76. The van der Waals surface area contributed by atoms with Crippen LogP contribution in [-0.4, -0.2) is 23.8 Å². The van der Waals surface area contributed by atoms with Gasteiger partial charge >= 0.3 is 5.97 Å². The van der Waals surface area contributed by atoms with Crippen LogP contribution in [0.25, 0.3) is 10.8 Å². The van der Waals surface area contributed by atoms with Crippen molar-refractivity contribution in [2.24, 2.45) is 0 Å². The van der Waals surface area contributed by atoms with Crippen molar-refractivity contribution in [3.63, 3.8) is 0 Å². The van der Waals surface area contributed by atoms with E-state index in [1.54, 1.807) is 42.6 Å². The molecule has 0 amide bonds. The molecule has 0 aliphatic heterocycles. The topological polar surface area (TPSA) is 65.5 Å². The molecular weight excluding hydrogens is 461 g/mol. The normalized spacial score (nSPS) is 10.8. The molecular formula is C26H19Cl2NO4. The first-order chi connectivity index (χ1) is 16.0. The van der Waals surface area contributed by atoms with Crippen molar-refractivity contribution in [1.29, 1.82) is 0 Å². The van der Waals surface area contributed by atoms with Crippen molar-refractivity contribution in [3.8, 4) is 5.75 Å². The summed E-state index contributed by atoms with van der Waals surface area (Å²) >= 11 is 12.0. The van der Waals surface area contributed by atoms with Crippen molar-refractivity contribution in [3.05, 3.63) is 105 Å². The van der Waals surface area contributed by atoms with Crippen molar-refractivity contribution in [2.75, 3.05) is 7.11 Å². The van der Waals surface area contributed by atoms with E-state index < -0.39 is 0 Å². The summed E-state index contributed by atoms with van der Waals surface area (Å²) in [6, 6.07) is 19.6. The number of esters is 1. The van der Waals surface area contributed by atoms with Crippen LogP contribution in [0, 0.1) is 0 Å². The van der Waals surface area contributed by atoms with E-state index in [9.17, 15) is 9.59 Å². The van der Waals surface area contributed by atoms with Gasteiger partial charge in [-0.25, -0.2) is 0 Å². The number of ether oxygens (including phenoxy) is 2. The summed E-state index contributed by atoms with van der Waals surface area (Å²) < 4.78 is 10.6. The molecule has 0 bridgehead atoms. The van der Waals surface area contributed by atoms with Gasteiger partial charge in [-0.1, -0.05) is 53.5 Å². The molecule has 166 valence electrons. The zero-order valence-electron chi connectivity index (χ0n) is 17.7. The van der Waals surface area contributed by atoms with Crippen molar-refractivity contribution in [1.82, 2.24) is 4.98 Å². The number of benzene rings is 3. The third-order valence-corrected chi connectivity index (χ3v) is 5.90. The first kappa shape index (κ1) is 22.8. The van der Waals surface area contributed by atoms with Gasteiger partial charge in [0, 0.05) is 17.1 Å². The van der Waals surface area contributed by atoms with Gasteiger partial charge in [0.15, 0.2) is 0 Å². The SMILES string of the molecule is COC(=O)Cc1cnc(C(=O)c2ccc(OCc3ccc(Cl)c(Cl)c3)cc2)c2ccccc12. The van der Waals surface area contributed by atoms with E-state index in [4.69, 9.17) is 32.7 Å². The second-order valence-electron chi connectivity index (χ2n) is 7.32. The Morgan fingerprint density at radius 1 is 0.909 bits per heavy atom. The van der Waals surface area contributed by atoms with Gasteiger partial charge in [-0.3, -0.25) is 14.6 Å². The molecule has 1 heterocycles. The van der Waals surface area contributed by atoms with Gasteiger partial charge in [-0.05, 0) is 52.9 Å². The predicted octanol–water partition coefficient (Wildman–Crippen LogP) is 6.07. The number of carbonyl (C=O) groups excluding carboxylic acids is 2. The van der Waals surface area contributed by atoms with Crippen LogP contribution in [0.15, 0.2) is 72.9 Å². The lowest BCUT2D eigenvalue weighted by molar-refractivity contribution is -0.139. The van der Waals surface area contributed by atoms with Gasteiger partial charge in [-0.2, -0.15) is 0 Å². The van der Waals surface area contributed by atoms with Crippen molar-refractivity contribution < 1.29 is 19.1 Å². The molecule has 0 spiro atoms. The van der Waals surface area contributed by atoms with E-state index in [1.165, 1.54) is 7.11 Å². The Morgan fingerprint density at radius 2 is 1.64 bits per heavy atom. The molecule has 33 heavy (non-hydrogen) atoms. The lowest BCUT2D eigenvalue weighted by Crippen LogP contribution is -2.09. The van der Waals surface area contributed by atoms with E-state index in [-0.39, 0.29) is 18.2 Å². The Labute approximate surface area is 200 Å². The van der Waals surface area contributed by atoms with Crippen LogP contribution in [0.4, 0.5) is 0 Å². The molecule has 0 aliphatic rings. The third kappa shape index (κ3) is 5.16. The van der Waals surface area contributed by atoms with Crippen LogP contribution in [0.1, 0.15) is 27.2 Å². The molecule has 0 saturated carbocycles. The molecule has 0 radical (unpaired) electrons. The highest BCUT2D eigenvalue weighted by Gasteiger charge is 2.17. The molecule has 4 rings (SSSR count). The lowest BCUT2D eigenvalue weighted by Gasteiger charge is -2.10. The largest absolute Gasteiger partial charge is 0.489 e. The molecule has 4 aromatic rings. The molecule has 0 unspecified atom stereocenters. The van der Waals surface area contributed by atoms with Gasteiger partial charge in [0.1, 0.15) is 18.1 Å². The summed E-state index contributed by atoms with van der Waals surface area (Å²) in [4.78, 5) is 29.3. The van der Waals surface area contributed by atoms with Crippen LogP contribution in [-0.2, 0) is 22.6 Å². The molecule has 0 atom stereocenters. The monoisotopic (exact) mass is 479 g/mol. The molecule has 1 aromatic heterocycles. The summed E-state index contributed by atoms with van der Waals surface area (Å²) in [6.07, 6.45) is 1.64. The Bertz CT molecular complexity index is 1340. The maximum Gasteiger partial charge on any atom is 0.310 e. The Kier molecular flexibility index (Phi) is 6.92. The van der Waals surface area contributed by atoms with Gasteiger partial charge in [0.05, 0.1) is 23.6 Å². The first-order valence-electron chi connectivity index (χ1n) is 10.1. The number of hydrogen-bond donors (Lipinski definition) is 0. The highest BCUT2D eigenvalue weighted by molar-refractivity contribution is 6.42. The number of pyridine rings is 1. The maximum absolute atomic E-state index is 13.2. The summed E-state index contributed by atoms with van der Waals surface area (Å²) in [7, 11) is 1.34. The number of fused-ring (bicyclic) bond motifs is 1. The van der Waals surface area contributed by atoms with Crippen LogP contribution in [0.2, 0.25) is 10.0 Å². The van der Waals surface area contributed by atoms with E-state index >= 15 is 0 Å². The number of nitrogens with zero attached hydrogens (tertiary/aromatic N) is 1. The van der Waals surface area contributed by atoms with E-state index in [0.29, 0.717) is 44.6 Å². The zero-order chi connectivity index (χ0) is 23.4. The Hall–Kier alpha value is -3.41. The molecule has 7 heteroatoms. The minimum Gasteiger partial charge on any atom is -0.489 e. The van der Waals surface area contributed by atoms with Crippen LogP contribution >= 0.6 is 23.2 Å². The number of rotatable bonds is 7. The quantitative estimate of drug-likeness (QED) is 0.237. The van der Waals surface area contributed by atoms with Gasteiger partial charge in [0.2, 0.25) is 5.78 Å². The van der Waals surface area contributed by atoms with Crippen LogP contribution < -0.4 is 4.74 Å². The smallest absolute Gasteiger partial charge is 0.310 e. The maximum atomic E-state index is 13.2. The van der Waals surface area contributed by atoms with Crippen LogP contribution in [0.3, 0.4) is 0 Å². The fourth-order valence-electron chi connectivity index (χ4n) is 3.44. The van der Waals surface area contributed by atoms with E-state index in [0.717, 1.165) is 10.9 Å². The minimum absolute atomic E-state index is 0.0867. The highest BCUT2D eigenvalue weighted by Crippen LogP contribution is 2.26. The van der Waals surface area contributed by atoms with Crippen LogP contribution in [0.5, 0.6) is 5.75 Å². The molecule has 0 fully saturated rings. The zero-order valence-corrected chi connectivity index (χ0v) is 19.2.